The van der Waals surface area contributed by atoms with Crippen molar-refractivity contribution < 1.29 is 13.5 Å². The summed E-state index contributed by atoms with van der Waals surface area (Å²) in [6.45, 7) is 8.12. The van der Waals surface area contributed by atoms with Crippen LogP contribution in [0.3, 0.4) is 0 Å². The van der Waals surface area contributed by atoms with E-state index in [-0.39, 0.29) is 17.4 Å². The first-order valence-corrected chi connectivity index (χ1v) is 7.07. The Morgan fingerprint density at radius 3 is 2.33 bits per heavy atom. The first-order valence-electron chi connectivity index (χ1n) is 5.36. The molecule has 5 heteroatoms. The van der Waals surface area contributed by atoms with Gasteiger partial charge in [-0.1, -0.05) is 6.92 Å². The molecule has 0 aromatic rings. The predicted octanol–water partition coefficient (Wildman–Crippen LogP) is 0.560. The van der Waals surface area contributed by atoms with Crippen LogP contribution in [-0.2, 0) is 9.84 Å². The van der Waals surface area contributed by atoms with Gasteiger partial charge in [-0.15, -0.1) is 0 Å². The van der Waals surface area contributed by atoms with Gasteiger partial charge in [-0.05, 0) is 33.7 Å². The highest BCUT2D eigenvalue weighted by atomic mass is 32.2. The Hall–Kier alpha value is -0.130. The minimum atomic E-state index is -3.04. The number of aliphatic hydroxyl groups is 1. The second-order valence-electron chi connectivity index (χ2n) is 4.44. The van der Waals surface area contributed by atoms with Crippen molar-refractivity contribution in [2.75, 3.05) is 18.8 Å². The third kappa shape index (κ3) is 6.12. The van der Waals surface area contributed by atoms with Crippen molar-refractivity contribution in [1.82, 2.24) is 5.32 Å². The molecule has 1 unspecified atom stereocenters. The first kappa shape index (κ1) is 14.9. The lowest BCUT2D eigenvalue weighted by molar-refractivity contribution is 0.0571. The SMILES string of the molecule is CCNCC(C)(O)CCS(=O)(=O)C(C)C. The summed E-state index contributed by atoms with van der Waals surface area (Å²) in [6, 6.07) is 0. The molecule has 92 valence electrons. The summed E-state index contributed by atoms with van der Waals surface area (Å²) in [4.78, 5) is 0. The van der Waals surface area contributed by atoms with Crippen molar-refractivity contribution >= 4 is 9.84 Å². The molecule has 0 aromatic heterocycles. The van der Waals surface area contributed by atoms with Gasteiger partial charge in [0, 0.05) is 6.54 Å². The lowest BCUT2D eigenvalue weighted by atomic mass is 10.0. The summed E-state index contributed by atoms with van der Waals surface area (Å²) in [5, 5.41) is 12.5. The molecule has 0 rings (SSSR count). The Morgan fingerprint density at radius 1 is 1.40 bits per heavy atom. The molecule has 0 saturated carbocycles. The molecule has 0 aliphatic heterocycles. The second-order valence-corrected chi connectivity index (χ2v) is 7.12. The van der Waals surface area contributed by atoms with E-state index < -0.39 is 15.4 Å². The van der Waals surface area contributed by atoms with Crippen LogP contribution in [0.4, 0.5) is 0 Å². The Labute approximate surface area is 93.0 Å². The zero-order valence-electron chi connectivity index (χ0n) is 10.1. The smallest absolute Gasteiger partial charge is 0.152 e. The topological polar surface area (TPSA) is 66.4 Å². The molecular formula is C10H23NO3S. The molecule has 0 spiro atoms. The zero-order chi connectivity index (χ0) is 12.1. The lowest BCUT2D eigenvalue weighted by Gasteiger charge is -2.23. The van der Waals surface area contributed by atoms with E-state index in [4.69, 9.17) is 0 Å². The molecule has 1 atom stereocenters. The Morgan fingerprint density at radius 2 is 1.93 bits per heavy atom. The molecular weight excluding hydrogens is 214 g/mol. The van der Waals surface area contributed by atoms with Crippen LogP contribution >= 0.6 is 0 Å². The van der Waals surface area contributed by atoms with Crippen molar-refractivity contribution in [3.8, 4) is 0 Å². The number of sulfone groups is 1. The Balaban J connectivity index is 4.14. The molecule has 0 amide bonds. The largest absolute Gasteiger partial charge is 0.389 e. The fourth-order valence-corrected chi connectivity index (χ4v) is 2.28. The van der Waals surface area contributed by atoms with E-state index >= 15 is 0 Å². The van der Waals surface area contributed by atoms with E-state index in [1.54, 1.807) is 20.8 Å². The number of likely N-dealkylation sites (N-methyl/N-ethyl adjacent to an activating group) is 1. The average molecular weight is 237 g/mol. The molecule has 15 heavy (non-hydrogen) atoms. The predicted molar refractivity (Wildman–Crippen MR) is 62.7 cm³/mol. The normalized spacial score (nSPS) is 16.7. The van der Waals surface area contributed by atoms with Crippen molar-refractivity contribution in [2.24, 2.45) is 0 Å². The second kappa shape index (κ2) is 5.82. The molecule has 0 fully saturated rings. The first-order chi connectivity index (χ1) is 6.71. The Kier molecular flexibility index (Phi) is 5.77. The van der Waals surface area contributed by atoms with Crippen LogP contribution in [0.2, 0.25) is 0 Å². The van der Waals surface area contributed by atoms with Crippen LogP contribution in [-0.4, -0.2) is 43.2 Å². The van der Waals surface area contributed by atoms with Crippen LogP contribution in [0.5, 0.6) is 0 Å². The third-order valence-electron chi connectivity index (χ3n) is 2.40. The van der Waals surface area contributed by atoms with Gasteiger partial charge in [0.15, 0.2) is 9.84 Å². The highest BCUT2D eigenvalue weighted by Gasteiger charge is 2.24. The van der Waals surface area contributed by atoms with Gasteiger partial charge >= 0.3 is 0 Å². The fraction of sp³-hybridized carbons (Fsp3) is 1.00. The van der Waals surface area contributed by atoms with E-state index in [0.717, 1.165) is 6.54 Å². The minimum absolute atomic E-state index is 0.0447. The summed E-state index contributed by atoms with van der Waals surface area (Å²) < 4.78 is 23.0. The van der Waals surface area contributed by atoms with E-state index in [2.05, 4.69) is 5.32 Å². The maximum absolute atomic E-state index is 11.5. The summed E-state index contributed by atoms with van der Waals surface area (Å²) in [5.74, 6) is 0.0447. The van der Waals surface area contributed by atoms with E-state index in [1.807, 2.05) is 6.92 Å². The third-order valence-corrected chi connectivity index (χ3v) is 4.61. The molecule has 0 aliphatic carbocycles. The van der Waals surface area contributed by atoms with E-state index in [1.165, 1.54) is 0 Å². The fourth-order valence-electron chi connectivity index (χ4n) is 1.08. The summed E-state index contributed by atoms with van der Waals surface area (Å²) in [7, 11) is -3.04. The average Bonchev–Trinajstić information content (AvgIpc) is 2.12. The molecule has 2 N–H and O–H groups in total. The Bertz CT molecular complexity index is 270. The number of hydrogen-bond acceptors (Lipinski definition) is 4. The van der Waals surface area contributed by atoms with Gasteiger partial charge in [-0.25, -0.2) is 8.42 Å². The van der Waals surface area contributed by atoms with Crippen LogP contribution in [0.1, 0.15) is 34.1 Å². The number of rotatable bonds is 7. The summed E-state index contributed by atoms with van der Waals surface area (Å²) >= 11 is 0. The maximum atomic E-state index is 11.5. The van der Waals surface area contributed by atoms with Gasteiger partial charge in [0.25, 0.3) is 0 Å². The van der Waals surface area contributed by atoms with E-state index in [0.29, 0.717) is 6.54 Å². The van der Waals surface area contributed by atoms with Crippen LogP contribution in [0, 0.1) is 0 Å². The zero-order valence-corrected chi connectivity index (χ0v) is 10.9. The van der Waals surface area contributed by atoms with Crippen molar-refractivity contribution in [1.29, 1.82) is 0 Å². The van der Waals surface area contributed by atoms with E-state index in [9.17, 15) is 13.5 Å². The number of nitrogens with one attached hydrogen (secondary N) is 1. The minimum Gasteiger partial charge on any atom is -0.389 e. The summed E-state index contributed by atoms with van der Waals surface area (Å²) in [5.41, 5.74) is -0.946. The molecule has 0 bridgehead atoms. The van der Waals surface area contributed by atoms with Crippen LogP contribution in [0.25, 0.3) is 0 Å². The maximum Gasteiger partial charge on any atom is 0.152 e. The van der Waals surface area contributed by atoms with Crippen molar-refractivity contribution in [3.05, 3.63) is 0 Å². The molecule has 0 aliphatic rings. The van der Waals surface area contributed by atoms with Gasteiger partial charge in [-0.2, -0.15) is 0 Å². The number of hydrogen-bond donors (Lipinski definition) is 2. The highest BCUT2D eigenvalue weighted by Crippen LogP contribution is 2.12. The van der Waals surface area contributed by atoms with Crippen LogP contribution < -0.4 is 5.32 Å². The standard InChI is InChI=1S/C10H23NO3S/c1-5-11-8-10(4,12)6-7-15(13,14)9(2)3/h9,11-12H,5-8H2,1-4H3. The molecule has 4 nitrogen and oxygen atoms in total. The van der Waals surface area contributed by atoms with Gasteiger partial charge in [0.1, 0.15) is 0 Å². The summed E-state index contributed by atoms with van der Waals surface area (Å²) in [6.07, 6.45) is 0.278. The van der Waals surface area contributed by atoms with Gasteiger partial charge < -0.3 is 10.4 Å². The van der Waals surface area contributed by atoms with Gasteiger partial charge in [0.05, 0.1) is 16.6 Å². The molecule has 0 heterocycles. The monoisotopic (exact) mass is 237 g/mol. The van der Waals surface area contributed by atoms with Crippen molar-refractivity contribution in [3.63, 3.8) is 0 Å². The molecule has 0 radical (unpaired) electrons. The highest BCUT2D eigenvalue weighted by molar-refractivity contribution is 7.91. The lowest BCUT2D eigenvalue weighted by Crippen LogP contribution is -2.39. The van der Waals surface area contributed by atoms with Gasteiger partial charge in [-0.3, -0.25) is 0 Å². The molecule has 0 aromatic carbocycles. The molecule has 0 saturated heterocycles. The van der Waals surface area contributed by atoms with Crippen molar-refractivity contribution in [2.45, 2.75) is 45.0 Å². The van der Waals surface area contributed by atoms with Gasteiger partial charge in [0.2, 0.25) is 0 Å². The van der Waals surface area contributed by atoms with Crippen LogP contribution in [0.15, 0.2) is 0 Å². The quantitative estimate of drug-likeness (QED) is 0.679.